The highest BCUT2D eigenvalue weighted by molar-refractivity contribution is 7.21. The first-order chi connectivity index (χ1) is 12.4. The molecule has 1 aromatic heterocycles. The molecule has 0 amide bonds. The lowest BCUT2D eigenvalue weighted by Gasteiger charge is -2.14. The van der Waals surface area contributed by atoms with E-state index in [1.807, 2.05) is 25.1 Å². The molecular weight excluding hydrogens is 355 g/mol. The molecule has 0 saturated heterocycles. The van der Waals surface area contributed by atoms with Gasteiger partial charge in [0, 0.05) is 5.56 Å². The summed E-state index contributed by atoms with van der Waals surface area (Å²) in [6.45, 7) is 1.98. The lowest BCUT2D eigenvalue weighted by Crippen LogP contribution is -2.07. The lowest BCUT2D eigenvalue weighted by molar-refractivity contribution is -0.137. The van der Waals surface area contributed by atoms with E-state index in [1.54, 1.807) is 36.4 Å². The number of aromatic nitrogens is 1. The molecule has 0 bridgehead atoms. The Morgan fingerprint density at radius 1 is 0.846 bits per heavy atom. The minimum atomic E-state index is -4.44. The standard InChI is InChI=1S/C21H14F3NS/c1-13-7-10-18-19(11-13)26-20(25-18)15-8-9-16(14-5-3-2-4-6-14)17(12-15)21(22,23)24/h2-12H,1H3. The van der Waals surface area contributed by atoms with Crippen LogP contribution in [0.25, 0.3) is 31.9 Å². The van der Waals surface area contributed by atoms with Crippen LogP contribution in [-0.4, -0.2) is 4.98 Å². The van der Waals surface area contributed by atoms with E-state index in [4.69, 9.17) is 0 Å². The van der Waals surface area contributed by atoms with Gasteiger partial charge < -0.3 is 0 Å². The Morgan fingerprint density at radius 2 is 1.62 bits per heavy atom. The van der Waals surface area contributed by atoms with Crippen LogP contribution in [-0.2, 0) is 6.18 Å². The first kappa shape index (κ1) is 16.8. The van der Waals surface area contributed by atoms with Crippen molar-refractivity contribution in [1.82, 2.24) is 4.98 Å². The van der Waals surface area contributed by atoms with Crippen molar-refractivity contribution in [2.75, 3.05) is 0 Å². The number of thiazole rings is 1. The van der Waals surface area contributed by atoms with Crippen molar-refractivity contribution in [2.45, 2.75) is 13.1 Å². The second kappa shape index (κ2) is 6.25. The average Bonchev–Trinajstić information content (AvgIpc) is 3.04. The van der Waals surface area contributed by atoms with Crippen LogP contribution in [0.5, 0.6) is 0 Å². The fourth-order valence-corrected chi connectivity index (χ4v) is 4.00. The van der Waals surface area contributed by atoms with E-state index in [0.29, 0.717) is 16.1 Å². The molecule has 0 aliphatic heterocycles. The zero-order valence-corrected chi connectivity index (χ0v) is 14.7. The molecule has 0 atom stereocenters. The number of nitrogens with zero attached hydrogens (tertiary/aromatic N) is 1. The molecule has 0 fully saturated rings. The van der Waals surface area contributed by atoms with E-state index in [0.717, 1.165) is 15.8 Å². The molecule has 4 rings (SSSR count). The summed E-state index contributed by atoms with van der Waals surface area (Å²) in [5, 5.41) is 0.593. The summed E-state index contributed by atoms with van der Waals surface area (Å²) in [5.74, 6) is 0. The maximum atomic E-state index is 13.7. The molecule has 0 aliphatic rings. The predicted octanol–water partition coefficient (Wildman–Crippen LogP) is 6.96. The van der Waals surface area contributed by atoms with Crippen molar-refractivity contribution in [2.24, 2.45) is 0 Å². The maximum absolute atomic E-state index is 13.7. The molecule has 130 valence electrons. The van der Waals surface area contributed by atoms with Crippen LogP contribution in [0.3, 0.4) is 0 Å². The predicted molar refractivity (Wildman–Crippen MR) is 100 cm³/mol. The van der Waals surface area contributed by atoms with Crippen molar-refractivity contribution in [3.63, 3.8) is 0 Å². The number of hydrogen-bond donors (Lipinski definition) is 0. The summed E-state index contributed by atoms with van der Waals surface area (Å²) >= 11 is 1.41. The number of fused-ring (bicyclic) bond motifs is 1. The summed E-state index contributed by atoms with van der Waals surface area (Å²) in [6, 6.07) is 18.9. The third-order valence-electron chi connectivity index (χ3n) is 4.20. The minimum absolute atomic E-state index is 0.179. The highest BCUT2D eigenvalue weighted by Crippen LogP contribution is 2.40. The number of benzene rings is 3. The average molecular weight is 369 g/mol. The second-order valence-corrected chi connectivity index (χ2v) is 7.14. The van der Waals surface area contributed by atoms with Crippen molar-refractivity contribution in [3.8, 4) is 21.7 Å². The summed E-state index contributed by atoms with van der Waals surface area (Å²) in [6.07, 6.45) is -4.44. The van der Waals surface area contributed by atoms with Gasteiger partial charge >= 0.3 is 6.18 Å². The Bertz CT molecular complexity index is 1080. The SMILES string of the molecule is Cc1ccc2nc(-c3ccc(-c4ccccc4)c(C(F)(F)F)c3)sc2c1. The quantitative estimate of drug-likeness (QED) is 0.372. The molecule has 1 nitrogen and oxygen atoms in total. The Hall–Kier alpha value is -2.66. The van der Waals surface area contributed by atoms with Crippen LogP contribution in [0.2, 0.25) is 0 Å². The molecule has 4 aromatic rings. The molecule has 1 heterocycles. The topological polar surface area (TPSA) is 12.9 Å². The fraction of sp³-hybridized carbons (Fsp3) is 0.0952. The molecule has 26 heavy (non-hydrogen) atoms. The Kier molecular flexibility index (Phi) is 4.04. The molecular formula is C21H14F3NS. The van der Waals surface area contributed by atoms with E-state index in [1.165, 1.54) is 23.5 Å². The molecule has 3 aromatic carbocycles. The molecule has 5 heteroatoms. The van der Waals surface area contributed by atoms with E-state index in [2.05, 4.69) is 4.98 Å². The van der Waals surface area contributed by atoms with Crippen LogP contribution in [0.15, 0.2) is 66.7 Å². The van der Waals surface area contributed by atoms with Crippen LogP contribution < -0.4 is 0 Å². The van der Waals surface area contributed by atoms with Crippen LogP contribution in [0.4, 0.5) is 13.2 Å². The van der Waals surface area contributed by atoms with E-state index in [9.17, 15) is 13.2 Å². The Labute approximate surface area is 152 Å². The van der Waals surface area contributed by atoms with E-state index in [-0.39, 0.29) is 5.56 Å². The first-order valence-electron chi connectivity index (χ1n) is 8.06. The van der Waals surface area contributed by atoms with Crippen molar-refractivity contribution in [1.29, 1.82) is 0 Å². The van der Waals surface area contributed by atoms with Gasteiger partial charge in [-0.1, -0.05) is 48.5 Å². The van der Waals surface area contributed by atoms with E-state index >= 15 is 0 Å². The number of aryl methyl sites for hydroxylation is 1. The summed E-state index contributed by atoms with van der Waals surface area (Å²) in [5.41, 5.74) is 2.47. The van der Waals surface area contributed by atoms with Gasteiger partial charge in [0.1, 0.15) is 5.01 Å². The first-order valence-corrected chi connectivity index (χ1v) is 8.88. The van der Waals surface area contributed by atoms with Gasteiger partial charge in [-0.15, -0.1) is 11.3 Å². The minimum Gasteiger partial charge on any atom is -0.236 e. The van der Waals surface area contributed by atoms with E-state index < -0.39 is 11.7 Å². The highest BCUT2D eigenvalue weighted by atomic mass is 32.1. The lowest BCUT2D eigenvalue weighted by atomic mass is 9.97. The summed E-state index contributed by atoms with van der Waals surface area (Å²) < 4.78 is 42.0. The molecule has 0 spiro atoms. The number of rotatable bonds is 2. The van der Waals surface area contributed by atoms with Gasteiger partial charge in [-0.05, 0) is 41.8 Å². The molecule has 0 N–H and O–H groups in total. The van der Waals surface area contributed by atoms with Gasteiger partial charge in [0.15, 0.2) is 0 Å². The highest BCUT2D eigenvalue weighted by Gasteiger charge is 2.34. The third-order valence-corrected chi connectivity index (χ3v) is 5.27. The Morgan fingerprint density at radius 3 is 2.35 bits per heavy atom. The van der Waals surface area contributed by atoms with Gasteiger partial charge in [-0.2, -0.15) is 13.2 Å². The summed E-state index contributed by atoms with van der Waals surface area (Å²) in [7, 11) is 0. The summed E-state index contributed by atoms with van der Waals surface area (Å²) in [4.78, 5) is 4.50. The van der Waals surface area contributed by atoms with Crippen molar-refractivity contribution >= 4 is 21.6 Å². The second-order valence-electron chi connectivity index (χ2n) is 6.11. The molecule has 0 unspecified atom stereocenters. The monoisotopic (exact) mass is 369 g/mol. The third kappa shape index (κ3) is 3.10. The smallest absolute Gasteiger partial charge is 0.236 e. The zero-order chi connectivity index (χ0) is 18.3. The normalized spacial score (nSPS) is 11.8. The molecule has 0 saturated carbocycles. The number of alkyl halides is 3. The van der Waals surface area contributed by atoms with Gasteiger partial charge in [-0.25, -0.2) is 4.98 Å². The van der Waals surface area contributed by atoms with Gasteiger partial charge in [0.25, 0.3) is 0 Å². The van der Waals surface area contributed by atoms with Gasteiger partial charge in [0.2, 0.25) is 0 Å². The molecule has 0 aliphatic carbocycles. The Balaban J connectivity index is 1.87. The number of hydrogen-bond acceptors (Lipinski definition) is 2. The van der Waals surface area contributed by atoms with Crippen LogP contribution >= 0.6 is 11.3 Å². The zero-order valence-electron chi connectivity index (χ0n) is 13.8. The van der Waals surface area contributed by atoms with Crippen LogP contribution in [0, 0.1) is 6.92 Å². The molecule has 0 radical (unpaired) electrons. The number of halogens is 3. The van der Waals surface area contributed by atoms with Crippen molar-refractivity contribution < 1.29 is 13.2 Å². The van der Waals surface area contributed by atoms with Crippen LogP contribution in [0.1, 0.15) is 11.1 Å². The van der Waals surface area contributed by atoms with Gasteiger partial charge in [-0.3, -0.25) is 0 Å². The van der Waals surface area contributed by atoms with Crippen molar-refractivity contribution in [3.05, 3.63) is 77.9 Å². The maximum Gasteiger partial charge on any atom is 0.417 e. The van der Waals surface area contributed by atoms with Gasteiger partial charge in [0.05, 0.1) is 15.8 Å². The fourth-order valence-electron chi connectivity index (χ4n) is 2.94. The largest absolute Gasteiger partial charge is 0.417 e.